The molecule has 1 heterocycles. The van der Waals surface area contributed by atoms with Crippen molar-refractivity contribution < 1.29 is 14.6 Å². The third kappa shape index (κ3) is 5.15. The van der Waals surface area contributed by atoms with Crippen LogP contribution in [-0.4, -0.2) is 16.8 Å². The Kier molecular flexibility index (Phi) is 7.77. The summed E-state index contributed by atoms with van der Waals surface area (Å²) in [5.41, 5.74) is 1.37. The summed E-state index contributed by atoms with van der Waals surface area (Å²) in [6, 6.07) is 15.5. The quantitative estimate of drug-likeness (QED) is 0.415. The molecule has 3 rings (SSSR count). The monoisotopic (exact) mass is 409 g/mol. The fraction of sp³-hybridized carbons (Fsp3) is 0.400. The van der Waals surface area contributed by atoms with Crippen LogP contribution < -0.4 is 15.0 Å². The van der Waals surface area contributed by atoms with Gasteiger partial charge in [-0.3, -0.25) is 4.79 Å². The topological polar surface area (TPSA) is 60.7 Å². The Bertz CT molecular complexity index is 1010. The van der Waals surface area contributed by atoms with Crippen molar-refractivity contribution in [2.75, 3.05) is 7.11 Å². The zero-order chi connectivity index (χ0) is 21.3. The number of ether oxygens (including phenoxy) is 2. The largest absolute Gasteiger partial charge is 0.500 e. The van der Waals surface area contributed by atoms with E-state index in [1.165, 1.54) is 26.4 Å². The second-order valence-corrected chi connectivity index (χ2v) is 7.56. The Morgan fingerprint density at radius 3 is 2.43 bits per heavy atom. The highest BCUT2D eigenvalue weighted by Crippen LogP contribution is 2.34. The van der Waals surface area contributed by atoms with Crippen molar-refractivity contribution in [3.8, 4) is 17.2 Å². The molecule has 5 heteroatoms. The third-order valence-corrected chi connectivity index (χ3v) is 5.36. The van der Waals surface area contributed by atoms with E-state index in [-0.39, 0.29) is 11.5 Å². The van der Waals surface area contributed by atoms with Crippen LogP contribution in [0.1, 0.15) is 51.0 Å². The van der Waals surface area contributed by atoms with Gasteiger partial charge in [0.15, 0.2) is 5.75 Å². The van der Waals surface area contributed by atoms with Crippen molar-refractivity contribution in [3.63, 3.8) is 0 Å². The van der Waals surface area contributed by atoms with Crippen LogP contribution in [-0.2, 0) is 13.2 Å². The number of benzene rings is 2. The zero-order valence-electron chi connectivity index (χ0n) is 17.9. The van der Waals surface area contributed by atoms with Gasteiger partial charge >= 0.3 is 0 Å². The Labute approximate surface area is 177 Å². The number of aryl methyl sites for hydroxylation is 1. The third-order valence-electron chi connectivity index (χ3n) is 5.36. The van der Waals surface area contributed by atoms with E-state index in [1.807, 2.05) is 48.5 Å². The molecule has 0 saturated carbocycles. The van der Waals surface area contributed by atoms with Gasteiger partial charge in [-0.1, -0.05) is 69.4 Å². The molecule has 0 bridgehead atoms. The molecule has 160 valence electrons. The van der Waals surface area contributed by atoms with Gasteiger partial charge < -0.3 is 19.1 Å². The van der Waals surface area contributed by atoms with E-state index in [9.17, 15) is 9.90 Å². The number of rotatable bonds is 11. The second-order valence-electron chi connectivity index (χ2n) is 7.56. The highest BCUT2D eigenvalue weighted by molar-refractivity contribution is 5.88. The molecular weight excluding hydrogens is 378 g/mol. The minimum Gasteiger partial charge on any atom is -0.500 e. The number of nitrogens with zero attached hydrogens (tertiary/aromatic N) is 1. The Morgan fingerprint density at radius 1 is 0.967 bits per heavy atom. The molecule has 0 atom stereocenters. The predicted octanol–water partition coefficient (Wildman–Crippen LogP) is 5.66. The van der Waals surface area contributed by atoms with Crippen molar-refractivity contribution in [3.05, 3.63) is 64.4 Å². The van der Waals surface area contributed by atoms with Crippen LogP contribution in [0.2, 0.25) is 0 Å². The summed E-state index contributed by atoms with van der Waals surface area (Å²) in [4.78, 5) is 12.8. The average molecular weight is 410 g/mol. The first-order chi connectivity index (χ1) is 14.7. The van der Waals surface area contributed by atoms with E-state index in [0.717, 1.165) is 24.8 Å². The molecule has 2 aromatic carbocycles. The molecule has 5 nitrogen and oxygen atoms in total. The molecule has 0 aliphatic heterocycles. The number of aromatic nitrogens is 1. The van der Waals surface area contributed by atoms with Crippen LogP contribution in [0.4, 0.5) is 0 Å². The summed E-state index contributed by atoms with van der Waals surface area (Å²) in [6.07, 6.45) is 6.78. The molecule has 0 radical (unpaired) electrons. The predicted molar refractivity (Wildman–Crippen MR) is 121 cm³/mol. The number of methoxy groups -OCH3 is 1. The number of aromatic hydroxyl groups is 1. The lowest BCUT2D eigenvalue weighted by atomic mass is 10.1. The van der Waals surface area contributed by atoms with Crippen molar-refractivity contribution in [1.29, 1.82) is 0 Å². The lowest BCUT2D eigenvalue weighted by Gasteiger charge is -2.16. The number of pyridine rings is 1. The molecule has 0 fully saturated rings. The zero-order valence-corrected chi connectivity index (χ0v) is 17.9. The minimum atomic E-state index is -0.423. The van der Waals surface area contributed by atoms with Gasteiger partial charge in [-0.05, 0) is 24.1 Å². The van der Waals surface area contributed by atoms with Crippen LogP contribution in [0.15, 0.2) is 53.3 Å². The molecule has 0 aliphatic rings. The van der Waals surface area contributed by atoms with Crippen molar-refractivity contribution in [1.82, 2.24) is 4.57 Å². The SMILES string of the molecule is CCCCCCCCn1c(=O)c(O)c(OC)c2ccc(OCc3ccccc3)cc21. The molecule has 1 aromatic heterocycles. The lowest BCUT2D eigenvalue weighted by Crippen LogP contribution is -2.21. The summed E-state index contributed by atoms with van der Waals surface area (Å²) >= 11 is 0. The smallest absolute Gasteiger partial charge is 0.297 e. The van der Waals surface area contributed by atoms with E-state index in [2.05, 4.69) is 6.92 Å². The number of fused-ring (bicyclic) bond motifs is 1. The van der Waals surface area contributed by atoms with Gasteiger partial charge in [-0.25, -0.2) is 0 Å². The fourth-order valence-corrected chi connectivity index (χ4v) is 3.70. The van der Waals surface area contributed by atoms with E-state index >= 15 is 0 Å². The molecule has 1 N–H and O–H groups in total. The van der Waals surface area contributed by atoms with Crippen LogP contribution in [0.5, 0.6) is 17.2 Å². The first-order valence-corrected chi connectivity index (χ1v) is 10.8. The molecule has 0 saturated heterocycles. The molecule has 0 spiro atoms. The maximum Gasteiger partial charge on any atom is 0.297 e. The van der Waals surface area contributed by atoms with Gasteiger partial charge in [0.05, 0.1) is 12.6 Å². The summed E-state index contributed by atoms with van der Waals surface area (Å²) < 4.78 is 12.9. The summed E-state index contributed by atoms with van der Waals surface area (Å²) in [5.74, 6) is 0.549. The molecule has 0 aliphatic carbocycles. The van der Waals surface area contributed by atoms with Gasteiger partial charge in [0, 0.05) is 18.0 Å². The fourth-order valence-electron chi connectivity index (χ4n) is 3.70. The number of hydrogen-bond acceptors (Lipinski definition) is 4. The van der Waals surface area contributed by atoms with E-state index < -0.39 is 5.56 Å². The molecule has 0 unspecified atom stereocenters. The van der Waals surface area contributed by atoms with Gasteiger partial charge in [0.2, 0.25) is 5.75 Å². The van der Waals surface area contributed by atoms with Crippen molar-refractivity contribution in [2.24, 2.45) is 0 Å². The van der Waals surface area contributed by atoms with Gasteiger partial charge in [-0.15, -0.1) is 0 Å². The highest BCUT2D eigenvalue weighted by Gasteiger charge is 2.17. The summed E-state index contributed by atoms with van der Waals surface area (Å²) in [5, 5.41) is 11.1. The number of hydrogen-bond donors (Lipinski definition) is 1. The standard InChI is InChI=1S/C25H31NO4/c1-3-4-5-6-7-11-16-26-22-17-20(30-18-19-12-9-8-10-13-19)14-15-21(22)24(29-2)23(27)25(26)28/h8-10,12-15,17,27H,3-7,11,16,18H2,1-2H3. The summed E-state index contributed by atoms with van der Waals surface area (Å²) in [6.45, 7) is 3.20. The maximum absolute atomic E-state index is 12.8. The van der Waals surface area contributed by atoms with Crippen LogP contribution >= 0.6 is 0 Å². The van der Waals surface area contributed by atoms with Crippen LogP contribution in [0, 0.1) is 0 Å². The molecule has 30 heavy (non-hydrogen) atoms. The first kappa shape index (κ1) is 21.8. The Balaban J connectivity index is 1.86. The van der Waals surface area contributed by atoms with Crippen molar-refractivity contribution >= 4 is 10.9 Å². The maximum atomic E-state index is 12.8. The Hall–Kier alpha value is -2.95. The average Bonchev–Trinajstić information content (AvgIpc) is 2.78. The van der Waals surface area contributed by atoms with Crippen molar-refractivity contribution in [2.45, 2.75) is 58.6 Å². The van der Waals surface area contributed by atoms with Crippen LogP contribution in [0.3, 0.4) is 0 Å². The van der Waals surface area contributed by atoms with E-state index in [0.29, 0.717) is 29.8 Å². The minimum absolute atomic E-state index is 0.212. The second kappa shape index (κ2) is 10.7. The highest BCUT2D eigenvalue weighted by atomic mass is 16.5. The van der Waals surface area contributed by atoms with Gasteiger partial charge in [-0.2, -0.15) is 0 Å². The molecular formula is C25H31NO4. The first-order valence-electron chi connectivity index (χ1n) is 10.8. The van der Waals surface area contributed by atoms with E-state index in [4.69, 9.17) is 9.47 Å². The number of unbranched alkanes of at least 4 members (excludes halogenated alkanes) is 5. The van der Waals surface area contributed by atoms with Gasteiger partial charge in [0.1, 0.15) is 12.4 Å². The molecule has 3 aromatic rings. The molecule has 0 amide bonds. The Morgan fingerprint density at radius 2 is 1.70 bits per heavy atom. The summed E-state index contributed by atoms with van der Waals surface area (Å²) in [7, 11) is 1.46. The normalized spacial score (nSPS) is 11.0. The van der Waals surface area contributed by atoms with Crippen LogP contribution in [0.25, 0.3) is 10.9 Å². The van der Waals surface area contributed by atoms with Gasteiger partial charge in [0.25, 0.3) is 5.56 Å². The lowest BCUT2D eigenvalue weighted by molar-refractivity contribution is 0.306. The van der Waals surface area contributed by atoms with E-state index in [1.54, 1.807) is 4.57 Å².